The van der Waals surface area contributed by atoms with Crippen LogP contribution in [0.1, 0.15) is 47.5 Å². The van der Waals surface area contributed by atoms with Gasteiger partial charge in [-0.15, -0.1) is 0 Å². The second-order valence-corrected chi connectivity index (χ2v) is 5.00. The molecule has 1 N–H and O–H groups in total. The van der Waals surface area contributed by atoms with Gasteiger partial charge in [-0.3, -0.25) is 5.32 Å². The summed E-state index contributed by atoms with van der Waals surface area (Å²) >= 11 is 0. The normalized spacial score (nSPS) is 12.6. The molecule has 0 aliphatic rings. The quantitative estimate of drug-likeness (QED) is 0.709. The molecule has 76 valence electrons. The molecule has 0 heterocycles. The minimum absolute atomic E-state index is 0.295. The molecule has 0 saturated heterocycles. The Bertz CT molecular complexity index is 187. The van der Waals surface area contributed by atoms with E-state index in [1.54, 1.807) is 0 Å². The molecule has 0 saturated carbocycles. The number of hydrogen-bond acceptors (Lipinski definition) is 2. The third-order valence-corrected chi connectivity index (χ3v) is 2.22. The first-order chi connectivity index (χ1) is 5.83. The summed E-state index contributed by atoms with van der Waals surface area (Å²) in [6.07, 6.45) is 2.39. The zero-order chi connectivity index (χ0) is 10.5. The lowest BCUT2D eigenvalue weighted by Gasteiger charge is -2.28. The minimum Gasteiger partial charge on any atom is -0.299 e. The fourth-order valence-electron chi connectivity index (χ4n) is 1.26. The molecule has 0 atom stereocenters. The maximum absolute atomic E-state index is 8.81. The van der Waals surface area contributed by atoms with Crippen LogP contribution in [0.5, 0.6) is 0 Å². The van der Waals surface area contributed by atoms with E-state index in [-0.39, 0.29) is 0 Å². The molecule has 0 aliphatic carbocycles. The van der Waals surface area contributed by atoms with Crippen molar-refractivity contribution in [1.29, 1.82) is 5.26 Å². The highest BCUT2D eigenvalue weighted by atomic mass is 15.0. The van der Waals surface area contributed by atoms with Gasteiger partial charge in [0.05, 0.1) is 6.07 Å². The minimum atomic E-state index is -0.398. The van der Waals surface area contributed by atoms with Gasteiger partial charge in [-0.2, -0.15) is 5.26 Å². The summed E-state index contributed by atoms with van der Waals surface area (Å²) in [7, 11) is 0. The van der Waals surface area contributed by atoms with Gasteiger partial charge in [-0.05, 0) is 25.7 Å². The van der Waals surface area contributed by atoms with Gasteiger partial charge in [0.15, 0.2) is 0 Å². The Hall–Kier alpha value is -0.550. The summed E-state index contributed by atoms with van der Waals surface area (Å²) in [5, 5.41) is 12.1. The highest BCUT2D eigenvalue weighted by Crippen LogP contribution is 2.21. The van der Waals surface area contributed by atoms with Crippen LogP contribution in [-0.4, -0.2) is 12.1 Å². The van der Waals surface area contributed by atoms with Gasteiger partial charge < -0.3 is 0 Å². The van der Waals surface area contributed by atoms with Crippen LogP contribution in [0.15, 0.2) is 0 Å². The van der Waals surface area contributed by atoms with E-state index >= 15 is 0 Å². The molecule has 0 fully saturated rings. The monoisotopic (exact) mass is 182 g/mol. The molecule has 0 unspecified atom stereocenters. The molecular formula is C11H22N2. The van der Waals surface area contributed by atoms with Crippen LogP contribution in [0, 0.1) is 16.7 Å². The Balaban J connectivity index is 3.95. The highest BCUT2D eigenvalue weighted by molar-refractivity contribution is 5.00. The standard InChI is InChI=1S/C11H22N2/c1-6-7-10(2,3)9-13-11(4,5)8-12/h13H,6-7,9H2,1-5H3. The molecule has 0 amide bonds. The zero-order valence-corrected chi connectivity index (χ0v) is 9.57. The van der Waals surface area contributed by atoms with Crippen molar-refractivity contribution in [2.75, 3.05) is 6.54 Å². The van der Waals surface area contributed by atoms with Crippen LogP contribution in [0.2, 0.25) is 0 Å². The summed E-state index contributed by atoms with van der Waals surface area (Å²) in [5.74, 6) is 0. The number of nitriles is 1. The lowest BCUT2D eigenvalue weighted by Crippen LogP contribution is -2.43. The third-order valence-electron chi connectivity index (χ3n) is 2.22. The number of nitrogens with zero attached hydrogens (tertiary/aromatic N) is 1. The Morgan fingerprint density at radius 1 is 1.23 bits per heavy atom. The molecule has 0 spiro atoms. The Morgan fingerprint density at radius 2 is 1.77 bits per heavy atom. The molecule has 13 heavy (non-hydrogen) atoms. The predicted molar refractivity (Wildman–Crippen MR) is 56.4 cm³/mol. The topological polar surface area (TPSA) is 35.8 Å². The lowest BCUT2D eigenvalue weighted by molar-refractivity contribution is 0.285. The van der Waals surface area contributed by atoms with E-state index in [1.807, 2.05) is 13.8 Å². The van der Waals surface area contributed by atoms with E-state index in [0.717, 1.165) is 6.54 Å². The van der Waals surface area contributed by atoms with Gasteiger partial charge >= 0.3 is 0 Å². The lowest BCUT2D eigenvalue weighted by atomic mass is 9.87. The molecule has 0 bridgehead atoms. The average Bonchev–Trinajstić information content (AvgIpc) is 2.02. The maximum Gasteiger partial charge on any atom is 0.101 e. The van der Waals surface area contributed by atoms with Crippen molar-refractivity contribution in [2.24, 2.45) is 5.41 Å². The van der Waals surface area contributed by atoms with Crippen LogP contribution in [0.3, 0.4) is 0 Å². The van der Waals surface area contributed by atoms with Crippen molar-refractivity contribution in [3.05, 3.63) is 0 Å². The summed E-state index contributed by atoms with van der Waals surface area (Å²) in [6.45, 7) is 11.4. The summed E-state index contributed by atoms with van der Waals surface area (Å²) in [6, 6.07) is 2.24. The SMILES string of the molecule is CCCC(C)(C)CNC(C)(C)C#N. The largest absolute Gasteiger partial charge is 0.299 e. The van der Waals surface area contributed by atoms with Crippen LogP contribution < -0.4 is 5.32 Å². The van der Waals surface area contributed by atoms with Crippen molar-refractivity contribution >= 4 is 0 Å². The fraction of sp³-hybridized carbons (Fsp3) is 0.909. The number of nitrogens with one attached hydrogen (secondary N) is 1. The van der Waals surface area contributed by atoms with Gasteiger partial charge in [0.2, 0.25) is 0 Å². The third kappa shape index (κ3) is 5.65. The number of hydrogen-bond donors (Lipinski definition) is 1. The Labute approximate surface area is 82.3 Å². The van der Waals surface area contributed by atoms with Gasteiger partial charge in [0, 0.05) is 6.54 Å². The van der Waals surface area contributed by atoms with Gasteiger partial charge in [0.25, 0.3) is 0 Å². The van der Waals surface area contributed by atoms with E-state index < -0.39 is 5.54 Å². The van der Waals surface area contributed by atoms with Gasteiger partial charge in [-0.1, -0.05) is 27.2 Å². The van der Waals surface area contributed by atoms with Gasteiger partial charge in [-0.25, -0.2) is 0 Å². The summed E-state index contributed by atoms with van der Waals surface area (Å²) < 4.78 is 0. The van der Waals surface area contributed by atoms with E-state index in [2.05, 4.69) is 32.2 Å². The first kappa shape index (κ1) is 12.4. The molecule has 0 rings (SSSR count). The zero-order valence-electron chi connectivity index (χ0n) is 9.57. The Morgan fingerprint density at radius 3 is 2.15 bits per heavy atom. The van der Waals surface area contributed by atoms with Crippen molar-refractivity contribution in [3.63, 3.8) is 0 Å². The van der Waals surface area contributed by atoms with E-state index in [0.29, 0.717) is 5.41 Å². The molecule has 0 aliphatic heterocycles. The first-order valence-electron chi connectivity index (χ1n) is 4.99. The second kappa shape index (κ2) is 4.62. The molecule has 0 radical (unpaired) electrons. The second-order valence-electron chi connectivity index (χ2n) is 5.00. The predicted octanol–water partition coefficient (Wildman–Crippen LogP) is 2.70. The van der Waals surface area contributed by atoms with Crippen molar-refractivity contribution < 1.29 is 0 Å². The first-order valence-corrected chi connectivity index (χ1v) is 4.99. The van der Waals surface area contributed by atoms with Crippen LogP contribution >= 0.6 is 0 Å². The number of rotatable bonds is 5. The summed E-state index contributed by atoms with van der Waals surface area (Å²) in [4.78, 5) is 0. The van der Waals surface area contributed by atoms with Crippen molar-refractivity contribution in [3.8, 4) is 6.07 Å². The smallest absolute Gasteiger partial charge is 0.101 e. The Kier molecular flexibility index (Phi) is 4.43. The molecule has 0 aromatic rings. The molecule has 2 heteroatoms. The summed E-state index contributed by atoms with van der Waals surface area (Å²) in [5.41, 5.74) is -0.103. The van der Waals surface area contributed by atoms with Crippen LogP contribution in [-0.2, 0) is 0 Å². The highest BCUT2D eigenvalue weighted by Gasteiger charge is 2.22. The fourth-order valence-corrected chi connectivity index (χ4v) is 1.26. The van der Waals surface area contributed by atoms with Crippen molar-refractivity contribution in [1.82, 2.24) is 5.32 Å². The molecule has 2 nitrogen and oxygen atoms in total. The average molecular weight is 182 g/mol. The van der Waals surface area contributed by atoms with E-state index in [4.69, 9.17) is 5.26 Å². The van der Waals surface area contributed by atoms with Crippen molar-refractivity contribution in [2.45, 2.75) is 53.0 Å². The van der Waals surface area contributed by atoms with Crippen LogP contribution in [0.4, 0.5) is 0 Å². The van der Waals surface area contributed by atoms with Gasteiger partial charge in [0.1, 0.15) is 5.54 Å². The van der Waals surface area contributed by atoms with E-state index in [9.17, 15) is 0 Å². The molecule has 0 aromatic carbocycles. The van der Waals surface area contributed by atoms with E-state index in [1.165, 1.54) is 12.8 Å². The molecule has 0 aromatic heterocycles. The molecular weight excluding hydrogens is 160 g/mol. The maximum atomic E-state index is 8.81. The van der Waals surface area contributed by atoms with Crippen LogP contribution in [0.25, 0.3) is 0 Å².